The summed E-state index contributed by atoms with van der Waals surface area (Å²) >= 11 is 0. The molecule has 10 aromatic rings. The smallest absolute Gasteiger partial charge is 0.0547 e. The van der Waals surface area contributed by atoms with Crippen molar-refractivity contribution in [1.29, 1.82) is 0 Å². The molecule has 264 valence electrons. The maximum absolute atomic E-state index is 2.46. The van der Waals surface area contributed by atoms with E-state index in [1.54, 1.807) is 0 Å². The number of hydrogen-bond donors (Lipinski definition) is 0. The minimum Gasteiger partial charge on any atom is -0.309 e. The van der Waals surface area contributed by atoms with Gasteiger partial charge in [-0.1, -0.05) is 146 Å². The third-order valence-corrected chi connectivity index (χ3v) is 11.6. The van der Waals surface area contributed by atoms with Crippen LogP contribution in [-0.4, -0.2) is 9.13 Å². The highest BCUT2D eigenvalue weighted by Crippen LogP contribution is 2.40. The third-order valence-electron chi connectivity index (χ3n) is 11.6. The SMILES string of the molecule is C1=CCCC(c2cc(-c3ccccc3)cc(-n3c4ccccc4c4cc(-c5ccc6c7ccccc7n(-c7cccc(-c8ccccc8)c7)c6c5)ccc43)c2)=C1. The first-order valence-electron chi connectivity index (χ1n) is 19.6. The lowest BCUT2D eigenvalue weighted by molar-refractivity contribution is 1.05. The van der Waals surface area contributed by atoms with E-state index in [1.807, 2.05) is 0 Å². The van der Waals surface area contributed by atoms with Crippen molar-refractivity contribution in [2.24, 2.45) is 0 Å². The number of fused-ring (bicyclic) bond motifs is 6. The van der Waals surface area contributed by atoms with Crippen molar-refractivity contribution in [3.8, 4) is 44.8 Å². The lowest BCUT2D eigenvalue weighted by Crippen LogP contribution is -1.98. The largest absolute Gasteiger partial charge is 0.309 e. The summed E-state index contributed by atoms with van der Waals surface area (Å²) in [6.07, 6.45) is 8.87. The van der Waals surface area contributed by atoms with Crippen molar-refractivity contribution in [2.75, 3.05) is 0 Å². The molecule has 0 saturated heterocycles. The standard InChI is InChI=1S/C54H38N2/c1-4-15-37(16-5-1)40-21-14-22-45(32-40)55-51-25-12-10-23-47(51)49-29-27-42(36-54(49)55)41-28-30-53-50(35-41)48-24-11-13-26-52(48)56(53)46-33-43(38-17-6-2-7-18-38)31-44(34-46)39-19-8-3-9-20-39/h1-8,10-19,21-36H,9,20H2. The molecule has 2 heteroatoms. The van der Waals surface area contributed by atoms with Crippen LogP contribution in [0.1, 0.15) is 18.4 Å². The van der Waals surface area contributed by atoms with Gasteiger partial charge in [0.05, 0.1) is 22.1 Å². The van der Waals surface area contributed by atoms with Crippen LogP contribution < -0.4 is 0 Å². The maximum atomic E-state index is 2.46. The number of nitrogens with zero attached hydrogens (tertiary/aromatic N) is 2. The van der Waals surface area contributed by atoms with E-state index in [0.717, 1.165) is 18.5 Å². The van der Waals surface area contributed by atoms with Crippen LogP contribution in [-0.2, 0) is 0 Å². The number of allylic oxidation sites excluding steroid dienone is 4. The van der Waals surface area contributed by atoms with Crippen molar-refractivity contribution >= 4 is 49.2 Å². The molecule has 0 amide bonds. The van der Waals surface area contributed by atoms with Crippen LogP contribution in [0.2, 0.25) is 0 Å². The predicted molar refractivity (Wildman–Crippen MR) is 238 cm³/mol. The highest BCUT2D eigenvalue weighted by molar-refractivity contribution is 6.12. The molecule has 0 N–H and O–H groups in total. The van der Waals surface area contributed by atoms with Crippen LogP contribution in [0, 0.1) is 0 Å². The second-order valence-corrected chi connectivity index (χ2v) is 14.9. The predicted octanol–water partition coefficient (Wildman–Crippen LogP) is 14.6. The summed E-state index contributed by atoms with van der Waals surface area (Å²) in [4.78, 5) is 0. The molecule has 56 heavy (non-hydrogen) atoms. The second kappa shape index (κ2) is 13.3. The van der Waals surface area contributed by atoms with E-state index in [4.69, 9.17) is 0 Å². The van der Waals surface area contributed by atoms with Crippen LogP contribution in [0.5, 0.6) is 0 Å². The molecule has 0 bridgehead atoms. The van der Waals surface area contributed by atoms with E-state index in [0.29, 0.717) is 0 Å². The number of rotatable bonds is 6. The van der Waals surface area contributed by atoms with Gasteiger partial charge in [0.15, 0.2) is 0 Å². The van der Waals surface area contributed by atoms with Crippen LogP contribution in [0.3, 0.4) is 0 Å². The highest BCUT2D eigenvalue weighted by atomic mass is 15.0. The van der Waals surface area contributed by atoms with Gasteiger partial charge in [0.25, 0.3) is 0 Å². The second-order valence-electron chi connectivity index (χ2n) is 14.9. The van der Waals surface area contributed by atoms with E-state index in [2.05, 4.69) is 215 Å². The highest BCUT2D eigenvalue weighted by Gasteiger charge is 2.18. The fourth-order valence-electron chi connectivity index (χ4n) is 8.88. The summed E-state index contributed by atoms with van der Waals surface area (Å²) < 4.78 is 4.89. The first kappa shape index (κ1) is 32.3. The van der Waals surface area contributed by atoms with Gasteiger partial charge in [0, 0.05) is 32.9 Å². The molecule has 0 unspecified atom stereocenters. The fraction of sp³-hybridized carbons (Fsp3) is 0.0370. The molecule has 1 aliphatic rings. The van der Waals surface area contributed by atoms with Gasteiger partial charge in [-0.05, 0) is 118 Å². The minimum atomic E-state index is 1.05. The topological polar surface area (TPSA) is 9.86 Å². The van der Waals surface area contributed by atoms with Crippen LogP contribution in [0.15, 0.2) is 206 Å². The van der Waals surface area contributed by atoms with Gasteiger partial charge in [0.1, 0.15) is 0 Å². The summed E-state index contributed by atoms with van der Waals surface area (Å²) in [5.74, 6) is 0. The average Bonchev–Trinajstić information content (AvgIpc) is 3.79. The number of para-hydroxylation sites is 2. The lowest BCUT2D eigenvalue weighted by Gasteiger charge is -2.16. The van der Waals surface area contributed by atoms with Crippen LogP contribution in [0.25, 0.3) is 93.9 Å². The Labute approximate surface area is 326 Å². The quantitative estimate of drug-likeness (QED) is 0.162. The van der Waals surface area contributed by atoms with E-state index >= 15 is 0 Å². The summed E-state index contributed by atoms with van der Waals surface area (Å²) in [7, 11) is 0. The van der Waals surface area contributed by atoms with Crippen molar-refractivity contribution < 1.29 is 0 Å². The minimum absolute atomic E-state index is 1.05. The number of hydrogen-bond acceptors (Lipinski definition) is 0. The Hall–Kier alpha value is -7.16. The summed E-state index contributed by atoms with van der Waals surface area (Å²) in [5.41, 5.74) is 17.1. The van der Waals surface area contributed by atoms with Gasteiger partial charge in [-0.3, -0.25) is 0 Å². The molecule has 8 aromatic carbocycles. The Morgan fingerprint density at radius 3 is 1.62 bits per heavy atom. The Kier molecular flexibility index (Phi) is 7.67. The first-order chi connectivity index (χ1) is 27.8. The van der Waals surface area contributed by atoms with Gasteiger partial charge in [-0.25, -0.2) is 0 Å². The molecule has 2 aromatic heterocycles. The molecular formula is C54H38N2. The van der Waals surface area contributed by atoms with Gasteiger partial charge in [0.2, 0.25) is 0 Å². The molecule has 2 heterocycles. The van der Waals surface area contributed by atoms with Gasteiger partial charge in [-0.2, -0.15) is 0 Å². The molecule has 0 saturated carbocycles. The van der Waals surface area contributed by atoms with E-state index < -0.39 is 0 Å². The summed E-state index contributed by atoms with van der Waals surface area (Å²) in [5, 5.41) is 5.02. The molecule has 0 atom stereocenters. The Morgan fingerprint density at radius 2 is 0.875 bits per heavy atom. The van der Waals surface area contributed by atoms with Gasteiger partial charge in [-0.15, -0.1) is 0 Å². The maximum Gasteiger partial charge on any atom is 0.0547 e. The zero-order chi connectivity index (χ0) is 37.0. The summed E-state index contributed by atoms with van der Waals surface area (Å²) in [6.45, 7) is 0. The molecule has 0 radical (unpaired) electrons. The monoisotopic (exact) mass is 714 g/mol. The van der Waals surface area contributed by atoms with Crippen LogP contribution in [0.4, 0.5) is 0 Å². The van der Waals surface area contributed by atoms with E-state index in [-0.39, 0.29) is 0 Å². The van der Waals surface area contributed by atoms with E-state index in [1.165, 1.54) is 93.8 Å². The van der Waals surface area contributed by atoms with Crippen molar-refractivity contribution in [3.63, 3.8) is 0 Å². The Bertz CT molecular complexity index is 3170. The average molecular weight is 715 g/mol. The molecular weight excluding hydrogens is 677 g/mol. The van der Waals surface area contributed by atoms with Gasteiger partial charge < -0.3 is 9.13 Å². The third kappa shape index (κ3) is 5.41. The molecule has 0 aliphatic heterocycles. The van der Waals surface area contributed by atoms with Crippen molar-refractivity contribution in [1.82, 2.24) is 9.13 Å². The molecule has 11 rings (SSSR count). The lowest BCUT2D eigenvalue weighted by atomic mass is 9.93. The first-order valence-corrected chi connectivity index (χ1v) is 19.6. The molecule has 2 nitrogen and oxygen atoms in total. The zero-order valence-corrected chi connectivity index (χ0v) is 30.9. The molecule has 0 spiro atoms. The fourth-order valence-corrected chi connectivity index (χ4v) is 8.88. The Morgan fingerprint density at radius 1 is 0.321 bits per heavy atom. The van der Waals surface area contributed by atoms with Crippen molar-refractivity contribution in [2.45, 2.75) is 12.8 Å². The van der Waals surface area contributed by atoms with Gasteiger partial charge >= 0.3 is 0 Å². The summed E-state index contributed by atoms with van der Waals surface area (Å²) in [6, 6.07) is 69.1. The normalized spacial score (nSPS) is 12.9. The zero-order valence-electron chi connectivity index (χ0n) is 30.9. The van der Waals surface area contributed by atoms with Crippen molar-refractivity contribution in [3.05, 3.63) is 212 Å². The number of benzene rings is 8. The number of aromatic nitrogens is 2. The van der Waals surface area contributed by atoms with Crippen LogP contribution >= 0.6 is 0 Å². The molecule has 0 fully saturated rings. The van der Waals surface area contributed by atoms with E-state index in [9.17, 15) is 0 Å². The Balaban J connectivity index is 1.09. The molecule has 1 aliphatic carbocycles.